The summed E-state index contributed by atoms with van der Waals surface area (Å²) >= 11 is 1.67. The highest BCUT2D eigenvalue weighted by atomic mass is 32.2. The third kappa shape index (κ3) is 5.59. The van der Waals surface area contributed by atoms with E-state index >= 15 is 0 Å². The van der Waals surface area contributed by atoms with Gasteiger partial charge >= 0.3 is 0 Å². The molecule has 1 atom stereocenters. The van der Waals surface area contributed by atoms with E-state index in [2.05, 4.69) is 10.0 Å². The second kappa shape index (κ2) is 8.46. The molecule has 7 heteroatoms. The molecule has 1 rings (SSSR count). The van der Waals surface area contributed by atoms with Crippen LogP contribution in [0, 0.1) is 5.92 Å². The summed E-state index contributed by atoms with van der Waals surface area (Å²) in [6.07, 6.45) is 4.72. The van der Waals surface area contributed by atoms with Crippen LogP contribution >= 0.6 is 11.8 Å². The Morgan fingerprint density at radius 3 is 2.47 bits per heavy atom. The van der Waals surface area contributed by atoms with Gasteiger partial charge in [-0.15, -0.1) is 0 Å². The Hall–Kier alpha value is 0.180. The number of rotatable bonds is 8. The molecule has 0 saturated carbocycles. The quantitative estimate of drug-likeness (QED) is 0.699. The first-order valence-corrected chi connectivity index (χ1v) is 9.77. The van der Waals surface area contributed by atoms with Crippen molar-refractivity contribution in [3.05, 3.63) is 0 Å². The minimum Gasteiger partial charge on any atom is -0.319 e. The first kappa shape index (κ1) is 17.2. The van der Waals surface area contributed by atoms with Gasteiger partial charge in [0.1, 0.15) is 0 Å². The summed E-state index contributed by atoms with van der Waals surface area (Å²) in [5.41, 5.74) is 0. The Balaban J connectivity index is 2.50. The van der Waals surface area contributed by atoms with Crippen molar-refractivity contribution in [1.29, 1.82) is 0 Å². The minimum absolute atomic E-state index is 0.0371. The van der Waals surface area contributed by atoms with Crippen LogP contribution in [-0.4, -0.2) is 57.5 Å². The normalized spacial score (nSPS) is 20.6. The largest absolute Gasteiger partial charge is 0.319 e. The maximum absolute atomic E-state index is 12.3. The molecule has 1 saturated heterocycles. The van der Waals surface area contributed by atoms with E-state index in [9.17, 15) is 8.42 Å². The van der Waals surface area contributed by atoms with Crippen molar-refractivity contribution in [2.45, 2.75) is 32.2 Å². The lowest BCUT2D eigenvalue weighted by Gasteiger charge is -2.32. The zero-order valence-electron chi connectivity index (χ0n) is 12.2. The first-order chi connectivity index (χ1) is 9.03. The van der Waals surface area contributed by atoms with Gasteiger partial charge in [0.25, 0.3) is 10.2 Å². The topological polar surface area (TPSA) is 61.4 Å². The van der Waals surface area contributed by atoms with E-state index in [0.29, 0.717) is 19.0 Å². The average molecular weight is 310 g/mol. The molecule has 1 aliphatic heterocycles. The zero-order valence-corrected chi connectivity index (χ0v) is 13.8. The fourth-order valence-electron chi connectivity index (χ4n) is 2.36. The molecule has 1 aliphatic rings. The predicted octanol–water partition coefficient (Wildman–Crippen LogP) is 0.894. The van der Waals surface area contributed by atoms with Gasteiger partial charge in [0.15, 0.2) is 0 Å². The second-order valence-corrected chi connectivity index (χ2v) is 7.70. The summed E-state index contributed by atoms with van der Waals surface area (Å²) in [5, 5.41) is 3.16. The molecule has 0 bridgehead atoms. The summed E-state index contributed by atoms with van der Waals surface area (Å²) in [6.45, 7) is 4.27. The molecule has 1 heterocycles. The Labute approximate surface area is 122 Å². The van der Waals surface area contributed by atoms with Crippen LogP contribution in [0.25, 0.3) is 0 Å². The highest BCUT2D eigenvalue weighted by Gasteiger charge is 2.28. The molecule has 0 aromatic carbocycles. The number of piperidine rings is 1. The van der Waals surface area contributed by atoms with Gasteiger partial charge in [0, 0.05) is 24.9 Å². The van der Waals surface area contributed by atoms with E-state index in [1.165, 1.54) is 0 Å². The van der Waals surface area contributed by atoms with E-state index in [4.69, 9.17) is 0 Å². The molecule has 2 N–H and O–H groups in total. The van der Waals surface area contributed by atoms with Crippen LogP contribution in [0.2, 0.25) is 0 Å². The predicted molar refractivity (Wildman–Crippen MR) is 82.7 cm³/mol. The molecule has 1 unspecified atom stereocenters. The van der Waals surface area contributed by atoms with E-state index in [0.717, 1.165) is 31.6 Å². The number of nitrogens with one attached hydrogen (secondary N) is 2. The van der Waals surface area contributed by atoms with Crippen LogP contribution in [0.3, 0.4) is 0 Å². The van der Waals surface area contributed by atoms with Crippen LogP contribution in [0.1, 0.15) is 26.2 Å². The zero-order chi connectivity index (χ0) is 14.3. The lowest BCUT2D eigenvalue weighted by atomic mass is 9.98. The van der Waals surface area contributed by atoms with Gasteiger partial charge < -0.3 is 5.32 Å². The Kier molecular flexibility index (Phi) is 7.68. The molecule has 0 aliphatic carbocycles. The van der Waals surface area contributed by atoms with Gasteiger partial charge in [-0.1, -0.05) is 6.92 Å². The van der Waals surface area contributed by atoms with Crippen LogP contribution < -0.4 is 10.0 Å². The van der Waals surface area contributed by atoms with Crippen LogP contribution in [0.5, 0.6) is 0 Å². The third-order valence-corrected chi connectivity index (χ3v) is 5.99. The summed E-state index contributed by atoms with van der Waals surface area (Å²) < 4.78 is 29.0. The minimum atomic E-state index is -3.31. The van der Waals surface area contributed by atoms with Gasteiger partial charge in [0.05, 0.1) is 0 Å². The van der Waals surface area contributed by atoms with Crippen molar-refractivity contribution in [2.75, 3.05) is 38.7 Å². The molecule has 114 valence electrons. The highest BCUT2D eigenvalue weighted by Crippen LogP contribution is 2.18. The number of thioether (sulfide) groups is 1. The summed E-state index contributed by atoms with van der Waals surface area (Å²) in [6, 6.07) is 0.0371. The average Bonchev–Trinajstić information content (AvgIpc) is 2.39. The van der Waals surface area contributed by atoms with Gasteiger partial charge in [0.2, 0.25) is 0 Å². The Morgan fingerprint density at radius 1 is 1.37 bits per heavy atom. The van der Waals surface area contributed by atoms with Crippen LogP contribution in [0.4, 0.5) is 0 Å². The molecule has 0 spiro atoms. The lowest BCUT2D eigenvalue weighted by molar-refractivity contribution is 0.267. The van der Waals surface area contributed by atoms with E-state index in [-0.39, 0.29) is 6.04 Å². The van der Waals surface area contributed by atoms with Crippen LogP contribution in [0.15, 0.2) is 0 Å². The molecule has 0 aromatic heterocycles. The fourth-order valence-corrected chi connectivity index (χ4v) is 4.70. The van der Waals surface area contributed by atoms with Crippen molar-refractivity contribution in [3.63, 3.8) is 0 Å². The molecular weight excluding hydrogens is 282 g/mol. The van der Waals surface area contributed by atoms with Gasteiger partial charge in [-0.3, -0.25) is 0 Å². The van der Waals surface area contributed by atoms with E-state index < -0.39 is 10.2 Å². The molecule has 0 aromatic rings. The standard InChI is InChI=1S/C12H27N3O2S2/c1-4-12(10-18-3)14-19(16,17)15-7-5-11(6-8-15)9-13-2/h11-14H,4-10H2,1-3H3. The monoisotopic (exact) mass is 309 g/mol. The summed E-state index contributed by atoms with van der Waals surface area (Å²) in [5.74, 6) is 1.43. The Bertz CT molecular complexity index is 341. The third-order valence-electron chi connectivity index (χ3n) is 3.58. The maximum atomic E-state index is 12.3. The molecule has 1 fully saturated rings. The highest BCUT2D eigenvalue weighted by molar-refractivity contribution is 7.98. The van der Waals surface area contributed by atoms with E-state index in [1.54, 1.807) is 16.1 Å². The lowest BCUT2D eigenvalue weighted by Crippen LogP contribution is -2.49. The van der Waals surface area contributed by atoms with Gasteiger partial charge in [-0.2, -0.15) is 29.2 Å². The van der Waals surface area contributed by atoms with Crippen LogP contribution in [-0.2, 0) is 10.2 Å². The van der Waals surface area contributed by atoms with Crippen molar-refractivity contribution < 1.29 is 8.42 Å². The van der Waals surface area contributed by atoms with Crippen molar-refractivity contribution in [1.82, 2.24) is 14.3 Å². The molecule has 0 radical (unpaired) electrons. The number of nitrogens with zero attached hydrogens (tertiary/aromatic N) is 1. The van der Waals surface area contributed by atoms with Gasteiger partial charge in [-0.25, -0.2) is 0 Å². The number of hydrogen-bond donors (Lipinski definition) is 2. The molecular formula is C12H27N3O2S2. The van der Waals surface area contributed by atoms with Gasteiger partial charge in [-0.05, 0) is 45.0 Å². The SMILES string of the molecule is CCC(CSC)NS(=O)(=O)N1CCC(CNC)CC1. The summed E-state index contributed by atoms with van der Waals surface area (Å²) in [4.78, 5) is 0. The van der Waals surface area contributed by atoms with Crippen molar-refractivity contribution >= 4 is 22.0 Å². The molecule has 5 nitrogen and oxygen atoms in total. The van der Waals surface area contributed by atoms with Crippen molar-refractivity contribution in [2.24, 2.45) is 5.92 Å². The summed E-state index contributed by atoms with van der Waals surface area (Å²) in [7, 11) is -1.36. The Morgan fingerprint density at radius 2 is 2.00 bits per heavy atom. The first-order valence-electron chi connectivity index (χ1n) is 6.94. The van der Waals surface area contributed by atoms with E-state index in [1.807, 2.05) is 20.2 Å². The van der Waals surface area contributed by atoms with Crippen molar-refractivity contribution in [3.8, 4) is 0 Å². The smallest absolute Gasteiger partial charge is 0.279 e. The number of hydrogen-bond acceptors (Lipinski definition) is 4. The second-order valence-electron chi connectivity index (χ2n) is 5.08. The fraction of sp³-hybridized carbons (Fsp3) is 1.00. The molecule has 0 amide bonds. The molecule has 19 heavy (non-hydrogen) atoms. The maximum Gasteiger partial charge on any atom is 0.279 e.